The molecule has 0 atom stereocenters. The summed E-state index contributed by atoms with van der Waals surface area (Å²) < 4.78 is 47.0. The van der Waals surface area contributed by atoms with Gasteiger partial charge < -0.3 is 58.5 Å². The summed E-state index contributed by atoms with van der Waals surface area (Å²) in [5, 5.41) is 25.2. The molecule has 4 aromatic carbocycles. The molecule has 88 heavy (non-hydrogen) atoms. The van der Waals surface area contributed by atoms with Crippen LogP contribution in [0.5, 0.6) is 11.5 Å². The quantitative estimate of drug-likeness (QED) is 0.118. The first-order valence-corrected chi connectivity index (χ1v) is 29.0. The lowest BCUT2D eigenvalue weighted by Gasteiger charge is -2.11. The lowest BCUT2D eigenvalue weighted by molar-refractivity contribution is 0.00987. The fraction of sp³-hybridized carbons (Fsp3) is 0.232. The minimum absolute atomic E-state index is 0.111. The second-order valence-electron chi connectivity index (χ2n) is 20.2. The summed E-state index contributed by atoms with van der Waals surface area (Å²) in [5.74, 6) is 0.415. The average molecular weight is 1180 g/mol. The molecule has 4 aliphatic heterocycles. The summed E-state index contributed by atoms with van der Waals surface area (Å²) in [5.41, 5.74) is 13.9. The minimum atomic E-state index is -0.427. The van der Waals surface area contributed by atoms with Crippen LogP contribution in [-0.4, -0.2) is 142 Å². The van der Waals surface area contributed by atoms with Crippen LogP contribution in [0.1, 0.15) is 54.9 Å². The Morgan fingerprint density at radius 1 is 0.352 bits per heavy atom. The van der Waals surface area contributed by atoms with Gasteiger partial charge in [-0.3, -0.25) is 9.59 Å². The molecule has 0 unspecified atom stereocenters. The van der Waals surface area contributed by atoms with Crippen molar-refractivity contribution in [3.63, 3.8) is 0 Å². The second-order valence-corrected chi connectivity index (χ2v) is 20.2. The highest BCUT2D eigenvalue weighted by molar-refractivity contribution is 6.00. The number of hydrogen-bond acceptors (Lipinski definition) is 15. The summed E-state index contributed by atoms with van der Waals surface area (Å²) in [6, 6.07) is 48.2. The Labute approximate surface area is 508 Å². The average Bonchev–Trinajstić information content (AvgIpc) is 2.94. The number of carbonyl (C=O) groups excluding carboxylic acids is 2. The molecule has 0 aliphatic carbocycles. The van der Waals surface area contributed by atoms with Gasteiger partial charge in [0.1, 0.15) is 36.1 Å². The van der Waals surface area contributed by atoms with Crippen LogP contribution in [-0.2, 0) is 28.4 Å². The van der Waals surface area contributed by atoms with E-state index in [1.807, 2.05) is 146 Å². The molecule has 12 rings (SSSR count). The van der Waals surface area contributed by atoms with Crippen LogP contribution in [0.15, 0.2) is 140 Å². The summed E-state index contributed by atoms with van der Waals surface area (Å²) >= 11 is 0. The number of aromatic nitrogens is 5. The number of H-pyrrole nitrogens is 2. The standard InChI is InChI=1S/C69H63N9O10/c70-44-46-10-14-48(15-11-46)64-54-18-22-58(74-54)66-50-4-1-6-52(42-50)87-40-38-85-36-34-83-32-30-81-28-26-72-68(79)62-8-3-9-63(78-62)69(80)73-27-29-82-31-33-84-35-37-86-39-41-88-53-7-2-5-51(43-53)67(60-24-20-56(64)76-60)61-25-21-57(77-61)65(55-19-23-59(66)75-55)49-16-12-47(45-71)13-17-49/h1-25,42-43,74,77H,26-41H2,(H,72,79)(H,73,80). The van der Waals surface area contributed by atoms with Crippen molar-refractivity contribution < 1.29 is 47.5 Å². The molecule has 4 N–H and O–H groups in total. The molecular formula is C69H63N9O10. The molecule has 0 spiro atoms. The van der Waals surface area contributed by atoms with Gasteiger partial charge in [-0.15, -0.1) is 0 Å². The zero-order valence-corrected chi connectivity index (χ0v) is 48.2. The smallest absolute Gasteiger partial charge is 0.269 e. The molecule has 0 fully saturated rings. The van der Waals surface area contributed by atoms with E-state index in [-0.39, 0.29) is 50.9 Å². The lowest BCUT2D eigenvalue weighted by Crippen LogP contribution is -2.31. The van der Waals surface area contributed by atoms with E-state index in [0.29, 0.717) is 111 Å². The Balaban J connectivity index is 0.924. The molecule has 19 nitrogen and oxygen atoms in total. The van der Waals surface area contributed by atoms with Crippen molar-refractivity contribution >= 4 is 58.2 Å². The first kappa shape index (κ1) is 59.6. The van der Waals surface area contributed by atoms with Crippen LogP contribution in [0.4, 0.5) is 0 Å². The van der Waals surface area contributed by atoms with Crippen LogP contribution in [0.25, 0.3) is 90.9 Å². The third kappa shape index (κ3) is 15.1. The summed E-state index contributed by atoms with van der Waals surface area (Å²) in [6.07, 6.45) is 8.07. The minimum Gasteiger partial charge on any atom is -0.491 e. The van der Waals surface area contributed by atoms with Crippen molar-refractivity contribution in [1.29, 1.82) is 10.5 Å². The SMILES string of the molecule is N#Cc1ccc(-c2c3nc(c4c5ccc([nH]5)c(-c5ccc(C#N)cc5)c5nc(c(c6ccc2[nH]6)-c2cccc(c2)OCCOCCOCCOCCNC(=O)c2cccc(n2)C(=O)NCCOCCOCCOCCOc2cccc-4c2)C=C5)C=C3)cc1. The van der Waals surface area contributed by atoms with E-state index >= 15 is 0 Å². The number of benzene rings is 4. The number of nitriles is 2. The highest BCUT2D eigenvalue weighted by atomic mass is 16.6. The number of nitrogens with zero attached hydrogens (tertiary/aromatic N) is 5. The lowest BCUT2D eigenvalue weighted by atomic mass is 10.0. The van der Waals surface area contributed by atoms with Gasteiger partial charge in [-0.2, -0.15) is 10.5 Å². The van der Waals surface area contributed by atoms with Crippen LogP contribution in [0.2, 0.25) is 0 Å². The van der Waals surface area contributed by atoms with E-state index in [4.69, 9.17) is 47.9 Å². The molecule has 0 saturated carbocycles. The maximum atomic E-state index is 12.8. The molecule has 16 bridgehead atoms. The molecule has 19 heteroatoms. The van der Waals surface area contributed by atoms with E-state index < -0.39 is 11.8 Å². The fourth-order valence-corrected chi connectivity index (χ4v) is 10.2. The van der Waals surface area contributed by atoms with Gasteiger partial charge in [0.15, 0.2) is 0 Å². The van der Waals surface area contributed by atoms with Gasteiger partial charge in [0.05, 0.1) is 125 Å². The van der Waals surface area contributed by atoms with Gasteiger partial charge in [0.2, 0.25) is 0 Å². The Morgan fingerprint density at radius 3 is 1.05 bits per heavy atom. The highest BCUT2D eigenvalue weighted by Gasteiger charge is 2.21. The zero-order chi connectivity index (χ0) is 60.3. The van der Waals surface area contributed by atoms with Crippen LogP contribution in [0, 0.1) is 22.7 Å². The van der Waals surface area contributed by atoms with Gasteiger partial charge >= 0.3 is 0 Å². The number of rotatable bonds is 2. The molecule has 4 aliphatic rings. The monoisotopic (exact) mass is 1180 g/mol. The Morgan fingerprint density at radius 2 is 0.682 bits per heavy atom. The van der Waals surface area contributed by atoms with Crippen LogP contribution in [0.3, 0.4) is 0 Å². The first-order chi connectivity index (χ1) is 43.4. The second kappa shape index (κ2) is 29.8. The van der Waals surface area contributed by atoms with Gasteiger partial charge in [-0.1, -0.05) is 54.6 Å². The van der Waals surface area contributed by atoms with E-state index in [0.717, 1.165) is 66.6 Å². The van der Waals surface area contributed by atoms with E-state index in [1.54, 1.807) is 18.2 Å². The van der Waals surface area contributed by atoms with Crippen molar-refractivity contribution in [3.05, 3.63) is 185 Å². The number of aromatic amines is 2. The van der Waals surface area contributed by atoms with Crippen LogP contribution >= 0.6 is 0 Å². The number of pyridine rings is 1. The Bertz CT molecular complexity index is 3850. The number of ether oxygens (including phenoxy) is 8. The fourth-order valence-electron chi connectivity index (χ4n) is 10.2. The van der Waals surface area contributed by atoms with Crippen molar-refractivity contribution in [2.24, 2.45) is 0 Å². The number of carbonyl (C=O) groups is 2. The Hall–Kier alpha value is -10.1. The predicted octanol–water partition coefficient (Wildman–Crippen LogP) is 10.5. The van der Waals surface area contributed by atoms with Gasteiger partial charge in [-0.05, 0) is 131 Å². The van der Waals surface area contributed by atoms with E-state index in [9.17, 15) is 20.1 Å². The highest BCUT2D eigenvalue weighted by Crippen LogP contribution is 2.39. The number of amides is 2. The molecule has 2 amide bonds. The van der Waals surface area contributed by atoms with Gasteiger partial charge in [0, 0.05) is 57.4 Å². The van der Waals surface area contributed by atoms with Crippen molar-refractivity contribution in [2.45, 2.75) is 0 Å². The third-order valence-electron chi connectivity index (χ3n) is 14.4. The first-order valence-electron chi connectivity index (χ1n) is 29.0. The van der Waals surface area contributed by atoms with E-state index in [2.05, 4.69) is 37.7 Å². The summed E-state index contributed by atoms with van der Waals surface area (Å²) in [6.45, 7) is 4.88. The number of fused-ring (bicyclic) bond motifs is 26. The largest absolute Gasteiger partial charge is 0.491 e. The van der Waals surface area contributed by atoms with Gasteiger partial charge in [-0.25, -0.2) is 15.0 Å². The molecule has 0 saturated heterocycles. The summed E-state index contributed by atoms with van der Waals surface area (Å²) in [4.78, 5) is 48.3. The summed E-state index contributed by atoms with van der Waals surface area (Å²) in [7, 11) is 0. The maximum Gasteiger partial charge on any atom is 0.269 e. The zero-order valence-electron chi connectivity index (χ0n) is 48.2. The molecule has 8 heterocycles. The van der Waals surface area contributed by atoms with Crippen molar-refractivity contribution in [2.75, 3.05) is 106 Å². The maximum absolute atomic E-state index is 12.8. The topological polar surface area (TPSA) is 250 Å². The van der Waals surface area contributed by atoms with Gasteiger partial charge in [0.25, 0.3) is 11.8 Å². The molecule has 8 aromatic rings. The molecule has 0 radical (unpaired) electrons. The normalized spacial score (nSPS) is 15.5. The molecular weight excluding hydrogens is 1110 g/mol. The number of nitrogens with one attached hydrogen (secondary N) is 4. The molecule has 444 valence electrons. The van der Waals surface area contributed by atoms with Crippen molar-refractivity contribution in [3.8, 4) is 68.1 Å². The van der Waals surface area contributed by atoms with E-state index in [1.165, 1.54) is 0 Å². The molecule has 4 aromatic heterocycles. The Kier molecular flexibility index (Phi) is 20.2. The van der Waals surface area contributed by atoms with Crippen molar-refractivity contribution in [1.82, 2.24) is 35.6 Å². The predicted molar refractivity (Wildman–Crippen MR) is 335 cm³/mol. The number of hydrogen-bond donors (Lipinski definition) is 4. The van der Waals surface area contributed by atoms with Crippen LogP contribution < -0.4 is 20.1 Å². The third-order valence-corrected chi connectivity index (χ3v) is 14.4.